The van der Waals surface area contributed by atoms with Crippen LogP contribution >= 0.6 is 0 Å². The molecule has 0 aliphatic carbocycles. The number of hydrogen-bond donors (Lipinski definition) is 1. The van der Waals surface area contributed by atoms with E-state index in [-0.39, 0.29) is 0 Å². The molecule has 3 nitrogen and oxygen atoms in total. The van der Waals surface area contributed by atoms with E-state index < -0.39 is 0 Å². The van der Waals surface area contributed by atoms with Gasteiger partial charge in [0, 0.05) is 0 Å². The highest BCUT2D eigenvalue weighted by Gasteiger charge is 2.13. The van der Waals surface area contributed by atoms with Crippen LogP contribution in [0.3, 0.4) is 0 Å². The molecule has 0 amide bonds. The molecular weight excluding hydrogens is 262 g/mol. The molecule has 0 aromatic heterocycles. The molecule has 21 heavy (non-hydrogen) atoms. The Labute approximate surface area is 125 Å². The largest absolute Gasteiger partial charge is 0.493 e. The second-order valence-corrected chi connectivity index (χ2v) is 5.39. The lowest BCUT2D eigenvalue weighted by Gasteiger charge is -2.22. The van der Waals surface area contributed by atoms with Crippen LogP contribution < -0.4 is 14.8 Å². The van der Waals surface area contributed by atoms with E-state index in [9.17, 15) is 0 Å². The zero-order valence-electron chi connectivity index (χ0n) is 12.1. The predicted molar refractivity (Wildman–Crippen MR) is 84.0 cm³/mol. The normalized spacial score (nSPS) is 15.6. The summed E-state index contributed by atoms with van der Waals surface area (Å²) < 4.78 is 11.6. The van der Waals surface area contributed by atoms with Crippen LogP contribution in [0.25, 0.3) is 0 Å². The summed E-state index contributed by atoms with van der Waals surface area (Å²) in [5, 5.41) is 3.37. The molecule has 2 aromatic rings. The van der Waals surface area contributed by atoms with Crippen molar-refractivity contribution in [3.8, 4) is 17.2 Å². The van der Waals surface area contributed by atoms with Gasteiger partial charge in [-0.3, -0.25) is 0 Å². The van der Waals surface area contributed by atoms with E-state index in [1.54, 1.807) is 0 Å². The fraction of sp³-hybridized carbons (Fsp3) is 0.333. The van der Waals surface area contributed by atoms with Gasteiger partial charge in [-0.1, -0.05) is 18.2 Å². The minimum absolute atomic E-state index is 0.673. The summed E-state index contributed by atoms with van der Waals surface area (Å²) in [4.78, 5) is 0. The first-order valence-electron chi connectivity index (χ1n) is 7.56. The molecule has 1 aliphatic heterocycles. The highest BCUT2D eigenvalue weighted by atomic mass is 16.5. The van der Waals surface area contributed by atoms with Crippen LogP contribution in [0.15, 0.2) is 54.6 Å². The molecule has 0 bridgehead atoms. The summed E-state index contributed by atoms with van der Waals surface area (Å²) in [6.07, 6.45) is 2.41. The Balaban J connectivity index is 1.51. The lowest BCUT2D eigenvalue weighted by atomic mass is 9.99. The van der Waals surface area contributed by atoms with E-state index in [0.29, 0.717) is 5.92 Å². The number of rotatable bonds is 5. The van der Waals surface area contributed by atoms with Crippen molar-refractivity contribution < 1.29 is 9.47 Å². The smallest absolute Gasteiger partial charge is 0.127 e. The summed E-state index contributed by atoms with van der Waals surface area (Å²) in [7, 11) is 0. The maximum Gasteiger partial charge on any atom is 0.127 e. The summed E-state index contributed by atoms with van der Waals surface area (Å²) in [5.41, 5.74) is 0. The van der Waals surface area contributed by atoms with Crippen molar-refractivity contribution in [2.45, 2.75) is 12.8 Å². The Hall–Kier alpha value is -2.00. The van der Waals surface area contributed by atoms with Gasteiger partial charge in [0.1, 0.15) is 17.2 Å². The molecule has 0 spiro atoms. The molecule has 0 saturated carbocycles. The van der Waals surface area contributed by atoms with Crippen molar-refractivity contribution in [2.24, 2.45) is 5.92 Å². The maximum absolute atomic E-state index is 5.87. The SMILES string of the molecule is c1ccc(Oc2ccc(OCC3CCNCC3)cc2)cc1. The van der Waals surface area contributed by atoms with E-state index in [2.05, 4.69) is 5.32 Å². The molecular formula is C18H21NO2. The standard InChI is InChI=1S/C18H21NO2/c1-2-4-17(5-3-1)21-18-8-6-16(7-9-18)20-14-15-10-12-19-13-11-15/h1-9,15,19H,10-14H2. The van der Waals surface area contributed by atoms with Crippen LogP contribution in [0.1, 0.15) is 12.8 Å². The van der Waals surface area contributed by atoms with Gasteiger partial charge in [-0.15, -0.1) is 0 Å². The first-order chi connectivity index (χ1) is 10.4. The monoisotopic (exact) mass is 283 g/mol. The summed E-state index contributed by atoms with van der Waals surface area (Å²) in [5.74, 6) is 3.26. The van der Waals surface area contributed by atoms with Gasteiger partial charge in [0.05, 0.1) is 6.61 Å². The van der Waals surface area contributed by atoms with Crippen LogP contribution in [-0.2, 0) is 0 Å². The zero-order valence-corrected chi connectivity index (χ0v) is 12.1. The van der Waals surface area contributed by atoms with Crippen LogP contribution in [0, 0.1) is 5.92 Å². The number of benzene rings is 2. The first kappa shape index (κ1) is 14.0. The van der Waals surface area contributed by atoms with Crippen LogP contribution in [0.4, 0.5) is 0 Å². The van der Waals surface area contributed by atoms with Gasteiger partial charge in [-0.2, -0.15) is 0 Å². The molecule has 0 unspecified atom stereocenters. The van der Waals surface area contributed by atoms with E-state index in [0.717, 1.165) is 36.9 Å². The van der Waals surface area contributed by atoms with Crippen molar-refractivity contribution in [3.05, 3.63) is 54.6 Å². The van der Waals surface area contributed by atoms with E-state index in [1.165, 1.54) is 12.8 Å². The van der Waals surface area contributed by atoms with Crippen molar-refractivity contribution in [1.29, 1.82) is 0 Å². The highest BCUT2D eigenvalue weighted by molar-refractivity contribution is 5.35. The van der Waals surface area contributed by atoms with Crippen LogP contribution in [-0.4, -0.2) is 19.7 Å². The van der Waals surface area contributed by atoms with E-state index >= 15 is 0 Å². The second kappa shape index (κ2) is 7.14. The number of para-hydroxylation sites is 1. The predicted octanol–water partition coefficient (Wildman–Crippen LogP) is 3.86. The maximum atomic E-state index is 5.87. The van der Waals surface area contributed by atoms with Crippen molar-refractivity contribution in [2.75, 3.05) is 19.7 Å². The molecule has 1 fully saturated rings. The fourth-order valence-electron chi connectivity index (χ4n) is 2.49. The average Bonchev–Trinajstić information content (AvgIpc) is 2.56. The number of hydrogen-bond acceptors (Lipinski definition) is 3. The molecule has 1 N–H and O–H groups in total. The van der Waals surface area contributed by atoms with E-state index in [4.69, 9.17) is 9.47 Å². The molecule has 1 aliphatic rings. The fourth-order valence-corrected chi connectivity index (χ4v) is 2.49. The van der Waals surface area contributed by atoms with Crippen molar-refractivity contribution >= 4 is 0 Å². The summed E-state index contributed by atoms with van der Waals surface area (Å²) >= 11 is 0. The molecule has 0 atom stereocenters. The highest BCUT2D eigenvalue weighted by Crippen LogP contribution is 2.24. The third-order valence-corrected chi connectivity index (χ3v) is 3.75. The molecule has 1 saturated heterocycles. The Morgan fingerprint density at radius 1 is 0.810 bits per heavy atom. The lowest BCUT2D eigenvalue weighted by Crippen LogP contribution is -2.30. The van der Waals surface area contributed by atoms with Gasteiger partial charge in [-0.05, 0) is 68.2 Å². The Morgan fingerprint density at radius 3 is 2.14 bits per heavy atom. The Kier molecular flexibility index (Phi) is 4.74. The zero-order chi connectivity index (χ0) is 14.3. The molecule has 2 aromatic carbocycles. The summed E-state index contributed by atoms with van der Waals surface area (Å²) in [6, 6.07) is 17.6. The molecule has 3 rings (SSSR count). The molecule has 1 heterocycles. The topological polar surface area (TPSA) is 30.5 Å². The Bertz CT molecular complexity index is 533. The minimum atomic E-state index is 0.673. The Morgan fingerprint density at radius 2 is 1.43 bits per heavy atom. The van der Waals surface area contributed by atoms with E-state index in [1.807, 2.05) is 54.6 Å². The van der Waals surface area contributed by atoms with Gasteiger partial charge in [0.25, 0.3) is 0 Å². The third kappa shape index (κ3) is 4.23. The minimum Gasteiger partial charge on any atom is -0.493 e. The van der Waals surface area contributed by atoms with Gasteiger partial charge in [0.15, 0.2) is 0 Å². The van der Waals surface area contributed by atoms with Crippen molar-refractivity contribution in [1.82, 2.24) is 5.32 Å². The van der Waals surface area contributed by atoms with Crippen molar-refractivity contribution in [3.63, 3.8) is 0 Å². The molecule has 110 valence electrons. The van der Waals surface area contributed by atoms with Gasteiger partial charge >= 0.3 is 0 Å². The van der Waals surface area contributed by atoms with Gasteiger partial charge < -0.3 is 14.8 Å². The average molecular weight is 283 g/mol. The first-order valence-corrected chi connectivity index (χ1v) is 7.56. The number of nitrogens with one attached hydrogen (secondary N) is 1. The second-order valence-electron chi connectivity index (χ2n) is 5.39. The van der Waals surface area contributed by atoms with Gasteiger partial charge in [0.2, 0.25) is 0 Å². The number of ether oxygens (including phenoxy) is 2. The quantitative estimate of drug-likeness (QED) is 0.904. The van der Waals surface area contributed by atoms with Crippen LogP contribution in [0.2, 0.25) is 0 Å². The van der Waals surface area contributed by atoms with Crippen LogP contribution in [0.5, 0.6) is 17.2 Å². The lowest BCUT2D eigenvalue weighted by molar-refractivity contribution is 0.215. The van der Waals surface area contributed by atoms with Gasteiger partial charge in [-0.25, -0.2) is 0 Å². The molecule has 0 radical (unpaired) electrons. The molecule has 3 heteroatoms. The third-order valence-electron chi connectivity index (χ3n) is 3.75. The number of piperidine rings is 1. The summed E-state index contributed by atoms with van der Waals surface area (Å²) in [6.45, 7) is 3.02.